The van der Waals surface area contributed by atoms with Crippen molar-refractivity contribution in [3.05, 3.63) is 64.1 Å². The second-order valence-corrected chi connectivity index (χ2v) is 6.71. The lowest BCUT2D eigenvalue weighted by atomic mass is 10.1. The fourth-order valence-corrected chi connectivity index (χ4v) is 3.49. The van der Waals surface area contributed by atoms with Crippen LogP contribution in [0.4, 0.5) is 5.00 Å². The molecule has 0 saturated heterocycles. The normalized spacial score (nSPS) is 10.2. The molecule has 7 heteroatoms. The third-order valence-electron chi connectivity index (χ3n) is 3.65. The Kier molecular flexibility index (Phi) is 6.90. The molecule has 0 aliphatic carbocycles. The number of anilines is 1. The molecule has 142 valence electrons. The van der Waals surface area contributed by atoms with Gasteiger partial charge < -0.3 is 14.8 Å². The molecule has 0 fully saturated rings. The highest BCUT2D eigenvalue weighted by molar-refractivity contribution is 7.18. The molecule has 1 N–H and O–H groups in total. The number of thiophene rings is 1. The minimum absolute atomic E-state index is 0.0515. The van der Waals surface area contributed by atoms with Gasteiger partial charge in [0.25, 0.3) is 5.91 Å². The minimum Gasteiger partial charge on any atom is -0.462 e. The molecule has 0 atom stereocenters. The lowest BCUT2D eigenvalue weighted by Crippen LogP contribution is -2.15. The molecule has 2 aromatic rings. The standard InChI is InChI=1S/C20H21NO5S/c1-5-10-26-20(24)16-13(4)15(19(23)25-6-2)18(27-16)21-17(22)14-9-7-8-12(3)11-14/h5,7-9,11H,1,6,10H2,2-4H3,(H,21,22). The maximum Gasteiger partial charge on any atom is 0.348 e. The molecule has 6 nitrogen and oxygen atoms in total. The molecule has 0 radical (unpaired) electrons. The molecule has 0 bridgehead atoms. The quantitative estimate of drug-likeness (QED) is 0.570. The fraction of sp³-hybridized carbons (Fsp3) is 0.250. The molecule has 0 spiro atoms. The van der Waals surface area contributed by atoms with Crippen molar-refractivity contribution in [1.29, 1.82) is 0 Å². The van der Waals surface area contributed by atoms with E-state index in [1.807, 2.05) is 13.0 Å². The number of carbonyl (C=O) groups is 3. The lowest BCUT2D eigenvalue weighted by molar-refractivity contribution is 0.0527. The molecular weight excluding hydrogens is 366 g/mol. The van der Waals surface area contributed by atoms with Crippen molar-refractivity contribution in [2.24, 2.45) is 0 Å². The van der Waals surface area contributed by atoms with Crippen LogP contribution in [-0.2, 0) is 9.47 Å². The monoisotopic (exact) mass is 387 g/mol. The summed E-state index contributed by atoms with van der Waals surface area (Å²) < 4.78 is 10.1. The zero-order valence-electron chi connectivity index (χ0n) is 15.5. The Morgan fingerprint density at radius 2 is 1.93 bits per heavy atom. The maximum atomic E-state index is 12.6. The number of hydrogen-bond acceptors (Lipinski definition) is 6. The van der Waals surface area contributed by atoms with Crippen molar-refractivity contribution in [2.45, 2.75) is 20.8 Å². The summed E-state index contributed by atoms with van der Waals surface area (Å²) in [5.74, 6) is -1.57. The van der Waals surface area contributed by atoms with Gasteiger partial charge in [0.15, 0.2) is 0 Å². The lowest BCUT2D eigenvalue weighted by Gasteiger charge is -2.07. The number of nitrogens with one attached hydrogen (secondary N) is 1. The number of amides is 1. The predicted molar refractivity (Wildman–Crippen MR) is 105 cm³/mol. The van der Waals surface area contributed by atoms with Gasteiger partial charge in [0.1, 0.15) is 16.5 Å². The molecule has 2 rings (SSSR count). The number of aryl methyl sites for hydroxylation is 1. The highest BCUT2D eigenvalue weighted by atomic mass is 32.1. The molecule has 1 amide bonds. The highest BCUT2D eigenvalue weighted by Gasteiger charge is 2.27. The van der Waals surface area contributed by atoms with Crippen LogP contribution < -0.4 is 5.32 Å². The topological polar surface area (TPSA) is 81.7 Å². The summed E-state index contributed by atoms with van der Waals surface area (Å²) in [6.07, 6.45) is 1.45. The van der Waals surface area contributed by atoms with Gasteiger partial charge in [-0.1, -0.05) is 30.4 Å². The maximum absolute atomic E-state index is 12.6. The molecule has 1 aromatic heterocycles. The van der Waals surface area contributed by atoms with Gasteiger partial charge in [-0.25, -0.2) is 9.59 Å². The van der Waals surface area contributed by atoms with E-state index in [1.165, 1.54) is 6.08 Å². The van der Waals surface area contributed by atoms with Crippen molar-refractivity contribution >= 4 is 34.2 Å². The Morgan fingerprint density at radius 1 is 1.19 bits per heavy atom. The Hall–Kier alpha value is -2.93. The van der Waals surface area contributed by atoms with E-state index >= 15 is 0 Å². The second-order valence-electron chi connectivity index (χ2n) is 5.69. The van der Waals surface area contributed by atoms with Crippen molar-refractivity contribution < 1.29 is 23.9 Å². The number of hydrogen-bond donors (Lipinski definition) is 1. The first kappa shape index (κ1) is 20.4. The van der Waals surface area contributed by atoms with Crippen LogP contribution in [0, 0.1) is 13.8 Å². The van der Waals surface area contributed by atoms with Crippen LogP contribution >= 0.6 is 11.3 Å². The Morgan fingerprint density at radius 3 is 2.56 bits per heavy atom. The van der Waals surface area contributed by atoms with E-state index in [9.17, 15) is 14.4 Å². The van der Waals surface area contributed by atoms with E-state index in [-0.39, 0.29) is 34.6 Å². The SMILES string of the molecule is C=CCOC(=O)c1sc(NC(=O)c2cccc(C)c2)c(C(=O)OCC)c1C. The minimum atomic E-state index is -0.603. The Labute approximate surface area is 161 Å². The molecule has 1 heterocycles. The number of rotatable bonds is 7. The van der Waals surface area contributed by atoms with Crippen LogP contribution in [0.15, 0.2) is 36.9 Å². The summed E-state index contributed by atoms with van der Waals surface area (Å²) in [5, 5.41) is 2.97. The van der Waals surface area contributed by atoms with Crippen molar-refractivity contribution in [2.75, 3.05) is 18.5 Å². The van der Waals surface area contributed by atoms with Crippen molar-refractivity contribution in [3.63, 3.8) is 0 Å². The number of carbonyl (C=O) groups excluding carboxylic acids is 3. The van der Waals surface area contributed by atoms with Gasteiger partial charge in [-0.2, -0.15) is 0 Å². The number of ether oxygens (including phenoxy) is 2. The van der Waals surface area contributed by atoms with Crippen LogP contribution in [0.2, 0.25) is 0 Å². The highest BCUT2D eigenvalue weighted by Crippen LogP contribution is 2.34. The smallest absolute Gasteiger partial charge is 0.348 e. The number of benzene rings is 1. The average molecular weight is 387 g/mol. The molecule has 0 aliphatic heterocycles. The largest absolute Gasteiger partial charge is 0.462 e. The third kappa shape index (κ3) is 4.83. The van der Waals surface area contributed by atoms with Gasteiger partial charge in [0.2, 0.25) is 0 Å². The van der Waals surface area contributed by atoms with Gasteiger partial charge in [0.05, 0.1) is 12.2 Å². The summed E-state index contributed by atoms with van der Waals surface area (Å²) in [6, 6.07) is 7.06. The fourth-order valence-electron chi connectivity index (χ4n) is 2.41. The average Bonchev–Trinajstić information content (AvgIpc) is 2.96. The van der Waals surface area contributed by atoms with Crippen LogP contribution in [0.25, 0.3) is 0 Å². The van der Waals surface area contributed by atoms with Gasteiger partial charge in [0, 0.05) is 5.56 Å². The molecular formula is C20H21NO5S. The first-order chi connectivity index (χ1) is 12.9. The predicted octanol–water partition coefficient (Wildman–Crippen LogP) is 4.14. The molecule has 27 heavy (non-hydrogen) atoms. The molecule has 0 aliphatic rings. The Balaban J connectivity index is 2.40. The summed E-state index contributed by atoms with van der Waals surface area (Å²) in [5.41, 5.74) is 1.96. The third-order valence-corrected chi connectivity index (χ3v) is 4.84. The second kappa shape index (κ2) is 9.14. The number of esters is 2. The van der Waals surface area contributed by atoms with E-state index in [1.54, 1.807) is 32.0 Å². The van der Waals surface area contributed by atoms with E-state index < -0.39 is 11.9 Å². The summed E-state index contributed by atoms with van der Waals surface area (Å²) >= 11 is 0.984. The first-order valence-corrected chi connectivity index (χ1v) is 9.17. The zero-order valence-corrected chi connectivity index (χ0v) is 16.3. The van der Waals surface area contributed by atoms with Gasteiger partial charge >= 0.3 is 11.9 Å². The molecule has 1 aromatic carbocycles. The Bertz CT molecular complexity index is 884. The molecule has 0 saturated carbocycles. The van der Waals surface area contributed by atoms with Crippen LogP contribution in [0.5, 0.6) is 0 Å². The van der Waals surface area contributed by atoms with E-state index in [2.05, 4.69) is 11.9 Å². The van der Waals surface area contributed by atoms with Crippen molar-refractivity contribution in [1.82, 2.24) is 0 Å². The van der Waals surface area contributed by atoms with Gasteiger partial charge in [-0.05, 0) is 38.5 Å². The van der Waals surface area contributed by atoms with Crippen LogP contribution in [0.3, 0.4) is 0 Å². The summed E-state index contributed by atoms with van der Waals surface area (Å²) in [7, 11) is 0. The van der Waals surface area contributed by atoms with Crippen molar-refractivity contribution in [3.8, 4) is 0 Å². The molecule has 0 unspecified atom stereocenters. The summed E-state index contributed by atoms with van der Waals surface area (Å²) in [4.78, 5) is 37.4. The van der Waals surface area contributed by atoms with E-state index in [0.717, 1.165) is 16.9 Å². The van der Waals surface area contributed by atoms with Gasteiger partial charge in [-0.3, -0.25) is 4.79 Å². The van der Waals surface area contributed by atoms with E-state index in [4.69, 9.17) is 9.47 Å². The zero-order chi connectivity index (χ0) is 20.0. The first-order valence-electron chi connectivity index (χ1n) is 8.35. The van der Waals surface area contributed by atoms with Gasteiger partial charge in [-0.15, -0.1) is 11.3 Å². The van der Waals surface area contributed by atoms with Crippen LogP contribution in [0.1, 0.15) is 48.4 Å². The van der Waals surface area contributed by atoms with Crippen LogP contribution in [-0.4, -0.2) is 31.1 Å². The van der Waals surface area contributed by atoms with E-state index in [0.29, 0.717) is 11.1 Å². The summed E-state index contributed by atoms with van der Waals surface area (Å²) in [6.45, 7) is 8.91.